The molecular formula is C19H22N2O3S. The van der Waals surface area contributed by atoms with Crippen molar-refractivity contribution in [1.82, 2.24) is 4.72 Å². The number of rotatable bonds is 6. The smallest absolute Gasteiger partial charge is 0.240 e. The number of benzene rings is 2. The molecule has 25 heavy (non-hydrogen) atoms. The van der Waals surface area contributed by atoms with Gasteiger partial charge in [-0.3, -0.25) is 4.79 Å². The zero-order valence-corrected chi connectivity index (χ0v) is 15.1. The van der Waals surface area contributed by atoms with Crippen molar-refractivity contribution >= 4 is 21.5 Å². The summed E-state index contributed by atoms with van der Waals surface area (Å²) in [6, 6.07) is 14.0. The molecule has 1 heterocycles. The zero-order chi connectivity index (χ0) is 17.9. The lowest BCUT2D eigenvalue weighted by atomic mass is 10.2. The van der Waals surface area contributed by atoms with E-state index in [9.17, 15) is 13.2 Å². The Hall–Kier alpha value is -2.18. The highest BCUT2D eigenvalue weighted by Gasteiger charge is 2.15. The second kappa shape index (κ2) is 7.37. The Morgan fingerprint density at radius 1 is 1.00 bits per heavy atom. The Bertz CT molecular complexity index is 837. The predicted molar refractivity (Wildman–Crippen MR) is 98.4 cm³/mol. The highest BCUT2D eigenvalue weighted by Crippen LogP contribution is 2.20. The molecule has 0 aliphatic carbocycles. The minimum Gasteiger partial charge on any atom is -0.372 e. The van der Waals surface area contributed by atoms with Crippen molar-refractivity contribution in [2.24, 2.45) is 0 Å². The number of hydrogen-bond donors (Lipinski definition) is 1. The molecule has 132 valence electrons. The quantitative estimate of drug-likeness (QED) is 0.806. The molecule has 1 saturated heterocycles. The first-order valence-corrected chi connectivity index (χ1v) is 9.88. The second-order valence-corrected chi connectivity index (χ2v) is 8.03. The van der Waals surface area contributed by atoms with E-state index < -0.39 is 10.0 Å². The van der Waals surface area contributed by atoms with E-state index in [1.807, 2.05) is 24.3 Å². The van der Waals surface area contributed by atoms with Gasteiger partial charge in [0.05, 0.1) is 4.90 Å². The summed E-state index contributed by atoms with van der Waals surface area (Å²) in [5.41, 5.74) is 2.59. The van der Waals surface area contributed by atoms with E-state index in [4.69, 9.17) is 0 Å². The van der Waals surface area contributed by atoms with Crippen LogP contribution < -0.4 is 9.62 Å². The SMILES string of the molecule is CC(=O)c1ccc(S(=O)(=O)NCc2ccc(N3CCCC3)cc2)cc1. The first kappa shape index (κ1) is 17.6. The topological polar surface area (TPSA) is 66.5 Å². The maximum Gasteiger partial charge on any atom is 0.240 e. The predicted octanol–water partition coefficient (Wildman–Crippen LogP) is 2.97. The van der Waals surface area contributed by atoms with E-state index >= 15 is 0 Å². The van der Waals surface area contributed by atoms with Crippen LogP contribution in [0.1, 0.15) is 35.7 Å². The highest BCUT2D eigenvalue weighted by atomic mass is 32.2. The monoisotopic (exact) mass is 358 g/mol. The number of carbonyl (C=O) groups excluding carboxylic acids is 1. The summed E-state index contributed by atoms with van der Waals surface area (Å²) in [6.45, 7) is 3.86. The molecule has 0 amide bonds. The van der Waals surface area contributed by atoms with E-state index in [1.165, 1.54) is 49.7 Å². The van der Waals surface area contributed by atoms with Crippen molar-refractivity contribution in [3.63, 3.8) is 0 Å². The van der Waals surface area contributed by atoms with Gasteiger partial charge in [-0.15, -0.1) is 0 Å². The van der Waals surface area contributed by atoms with Crippen LogP contribution in [-0.4, -0.2) is 27.3 Å². The molecule has 0 saturated carbocycles. The molecule has 2 aromatic rings. The first-order valence-electron chi connectivity index (χ1n) is 8.40. The molecule has 6 heteroatoms. The van der Waals surface area contributed by atoms with Crippen LogP contribution in [0.3, 0.4) is 0 Å². The number of nitrogens with one attached hydrogen (secondary N) is 1. The van der Waals surface area contributed by atoms with Crippen LogP contribution in [0.15, 0.2) is 53.4 Å². The third-order valence-corrected chi connectivity index (χ3v) is 5.86. The third-order valence-electron chi connectivity index (χ3n) is 4.45. The zero-order valence-electron chi connectivity index (χ0n) is 14.2. The summed E-state index contributed by atoms with van der Waals surface area (Å²) >= 11 is 0. The largest absolute Gasteiger partial charge is 0.372 e. The average Bonchev–Trinajstić information content (AvgIpc) is 3.15. The maximum absolute atomic E-state index is 12.4. The Labute approximate surface area is 148 Å². The summed E-state index contributed by atoms with van der Waals surface area (Å²) < 4.78 is 27.3. The lowest BCUT2D eigenvalue weighted by molar-refractivity contribution is 0.101. The molecule has 1 fully saturated rings. The number of sulfonamides is 1. The Kier molecular flexibility index (Phi) is 5.20. The second-order valence-electron chi connectivity index (χ2n) is 6.27. The normalized spacial score (nSPS) is 14.7. The van der Waals surface area contributed by atoms with Crippen molar-refractivity contribution in [2.75, 3.05) is 18.0 Å². The fourth-order valence-corrected chi connectivity index (χ4v) is 3.95. The molecular weight excluding hydrogens is 336 g/mol. The third kappa shape index (κ3) is 4.27. The number of nitrogens with zero attached hydrogens (tertiary/aromatic N) is 1. The average molecular weight is 358 g/mol. The van der Waals surface area contributed by atoms with Gasteiger partial charge >= 0.3 is 0 Å². The molecule has 1 aliphatic heterocycles. The Balaban J connectivity index is 1.64. The van der Waals surface area contributed by atoms with E-state index in [0.29, 0.717) is 5.56 Å². The number of hydrogen-bond acceptors (Lipinski definition) is 4. The number of carbonyl (C=O) groups is 1. The van der Waals surface area contributed by atoms with Gasteiger partial charge in [0, 0.05) is 30.9 Å². The van der Waals surface area contributed by atoms with Gasteiger partial charge in [-0.2, -0.15) is 0 Å². The van der Waals surface area contributed by atoms with Crippen LogP contribution in [0.25, 0.3) is 0 Å². The van der Waals surface area contributed by atoms with E-state index in [0.717, 1.165) is 18.7 Å². The van der Waals surface area contributed by atoms with Gasteiger partial charge in [-0.25, -0.2) is 13.1 Å². The van der Waals surface area contributed by atoms with Crippen LogP contribution in [0.4, 0.5) is 5.69 Å². The molecule has 5 nitrogen and oxygen atoms in total. The van der Waals surface area contributed by atoms with Crippen LogP contribution in [0.2, 0.25) is 0 Å². The fourth-order valence-electron chi connectivity index (χ4n) is 2.93. The van der Waals surface area contributed by atoms with Gasteiger partial charge in [0.2, 0.25) is 10.0 Å². The minimum atomic E-state index is -3.60. The van der Waals surface area contributed by atoms with E-state index in [1.54, 1.807) is 0 Å². The molecule has 0 aromatic heterocycles. The molecule has 0 radical (unpaired) electrons. The number of Topliss-reactive ketones (excluding diaryl/α,β-unsaturated/α-hetero) is 1. The van der Waals surface area contributed by atoms with Gasteiger partial charge in [0.15, 0.2) is 5.78 Å². The minimum absolute atomic E-state index is 0.0880. The standard InChI is InChI=1S/C19H22N2O3S/c1-15(22)17-6-10-19(11-7-17)25(23,24)20-14-16-4-8-18(9-5-16)21-12-2-3-13-21/h4-11,20H,2-3,12-14H2,1H3. The van der Waals surface area contributed by atoms with Crippen LogP contribution in [0.5, 0.6) is 0 Å². The Morgan fingerprint density at radius 2 is 1.60 bits per heavy atom. The molecule has 1 aliphatic rings. The van der Waals surface area contributed by atoms with Crippen LogP contribution >= 0.6 is 0 Å². The van der Waals surface area contributed by atoms with Crippen molar-refractivity contribution in [2.45, 2.75) is 31.2 Å². The lowest BCUT2D eigenvalue weighted by Crippen LogP contribution is -2.23. The van der Waals surface area contributed by atoms with Crippen molar-refractivity contribution in [3.05, 3.63) is 59.7 Å². The molecule has 0 unspecified atom stereocenters. The van der Waals surface area contributed by atoms with E-state index in [-0.39, 0.29) is 17.2 Å². The molecule has 1 N–H and O–H groups in total. The maximum atomic E-state index is 12.4. The van der Waals surface area contributed by atoms with Gasteiger partial charge in [0.1, 0.15) is 0 Å². The van der Waals surface area contributed by atoms with Gasteiger partial charge < -0.3 is 4.90 Å². The molecule has 0 spiro atoms. The first-order chi connectivity index (χ1) is 12.0. The van der Waals surface area contributed by atoms with E-state index in [2.05, 4.69) is 9.62 Å². The fraction of sp³-hybridized carbons (Fsp3) is 0.316. The summed E-state index contributed by atoms with van der Waals surface area (Å²) in [5, 5.41) is 0. The van der Waals surface area contributed by atoms with Crippen LogP contribution in [0, 0.1) is 0 Å². The molecule has 0 atom stereocenters. The molecule has 3 rings (SSSR count). The van der Waals surface area contributed by atoms with Crippen molar-refractivity contribution in [1.29, 1.82) is 0 Å². The number of anilines is 1. The van der Waals surface area contributed by atoms with Crippen molar-refractivity contribution < 1.29 is 13.2 Å². The molecule has 2 aromatic carbocycles. The van der Waals surface area contributed by atoms with Gasteiger partial charge in [0.25, 0.3) is 0 Å². The molecule has 0 bridgehead atoms. The summed E-state index contributed by atoms with van der Waals surface area (Å²) in [4.78, 5) is 13.8. The van der Waals surface area contributed by atoms with Crippen molar-refractivity contribution in [3.8, 4) is 0 Å². The lowest BCUT2D eigenvalue weighted by Gasteiger charge is -2.17. The van der Waals surface area contributed by atoms with Gasteiger partial charge in [-0.05, 0) is 49.6 Å². The van der Waals surface area contributed by atoms with Crippen LogP contribution in [-0.2, 0) is 16.6 Å². The summed E-state index contributed by atoms with van der Waals surface area (Å²) in [5.74, 6) is -0.0880. The van der Waals surface area contributed by atoms with Gasteiger partial charge in [-0.1, -0.05) is 24.3 Å². The number of ketones is 1. The highest BCUT2D eigenvalue weighted by molar-refractivity contribution is 7.89. The Morgan fingerprint density at radius 3 is 2.16 bits per heavy atom. The summed E-state index contributed by atoms with van der Waals surface area (Å²) in [7, 11) is -3.60. The summed E-state index contributed by atoms with van der Waals surface area (Å²) in [6.07, 6.45) is 2.45.